The fourth-order valence-electron chi connectivity index (χ4n) is 3.42. The number of rotatable bonds is 11. The zero-order valence-electron chi connectivity index (χ0n) is 19.1. The lowest BCUT2D eigenvalue weighted by atomic mass is 10.00. The molecular formula is C22H29ClN6O3S. The fourth-order valence-corrected chi connectivity index (χ4v) is 4.30. The van der Waals surface area contributed by atoms with E-state index in [9.17, 15) is 14.4 Å². The molecule has 1 saturated heterocycles. The van der Waals surface area contributed by atoms with Crippen LogP contribution in [0.4, 0.5) is 4.79 Å². The second-order valence-electron chi connectivity index (χ2n) is 8.11. The molecule has 1 aliphatic heterocycles. The van der Waals surface area contributed by atoms with Gasteiger partial charge in [-0.25, -0.2) is 4.79 Å². The molecular weight excluding hydrogens is 464 g/mol. The van der Waals surface area contributed by atoms with Crippen molar-refractivity contribution >= 4 is 41.2 Å². The molecule has 1 fully saturated rings. The highest BCUT2D eigenvalue weighted by Gasteiger charge is 2.47. The molecule has 2 N–H and O–H groups in total. The van der Waals surface area contributed by atoms with Crippen molar-refractivity contribution < 1.29 is 14.4 Å². The normalized spacial score (nSPS) is 18.0. The van der Waals surface area contributed by atoms with Gasteiger partial charge in [0.15, 0.2) is 11.0 Å². The quantitative estimate of drug-likeness (QED) is 0.278. The first-order valence-corrected chi connectivity index (χ1v) is 12.4. The maximum Gasteiger partial charge on any atom is 0.344 e. The largest absolute Gasteiger partial charge is 0.344 e. The number of hydrogen-bond acceptors (Lipinski definition) is 6. The topological polar surface area (TPSA) is 109 Å². The van der Waals surface area contributed by atoms with Crippen LogP contribution in [-0.2, 0) is 16.1 Å². The SMILES string of the molecule is CCCCCCn1c(SCC(=O)NN2C(=O)NC(C)(CC)C2=O)nnc1-c1ccc(Cl)cc1. The van der Waals surface area contributed by atoms with Crippen molar-refractivity contribution in [1.29, 1.82) is 0 Å². The molecule has 3 rings (SSSR count). The molecule has 1 aromatic carbocycles. The molecule has 2 aromatic rings. The monoisotopic (exact) mass is 492 g/mol. The number of unbranched alkanes of at least 4 members (excludes halogenated alkanes) is 3. The first-order chi connectivity index (χ1) is 15.8. The number of halogens is 1. The Morgan fingerprint density at radius 1 is 1.15 bits per heavy atom. The lowest BCUT2D eigenvalue weighted by molar-refractivity contribution is -0.137. The van der Waals surface area contributed by atoms with E-state index >= 15 is 0 Å². The predicted molar refractivity (Wildman–Crippen MR) is 128 cm³/mol. The third-order valence-corrected chi connectivity index (χ3v) is 6.81. The van der Waals surface area contributed by atoms with Crippen LogP contribution >= 0.6 is 23.4 Å². The maximum absolute atomic E-state index is 12.5. The molecule has 33 heavy (non-hydrogen) atoms. The van der Waals surface area contributed by atoms with Gasteiger partial charge in [0, 0.05) is 17.1 Å². The van der Waals surface area contributed by atoms with E-state index < -0.39 is 23.4 Å². The Bertz CT molecular complexity index is 1010. The summed E-state index contributed by atoms with van der Waals surface area (Å²) in [5, 5.41) is 13.2. The summed E-state index contributed by atoms with van der Waals surface area (Å²) in [5.41, 5.74) is 2.28. The summed E-state index contributed by atoms with van der Waals surface area (Å²) in [5.74, 6) is -0.262. The highest BCUT2D eigenvalue weighted by molar-refractivity contribution is 7.99. The summed E-state index contributed by atoms with van der Waals surface area (Å²) in [6.45, 7) is 6.31. The summed E-state index contributed by atoms with van der Waals surface area (Å²) in [4.78, 5) is 37.1. The average molecular weight is 493 g/mol. The summed E-state index contributed by atoms with van der Waals surface area (Å²) < 4.78 is 2.00. The van der Waals surface area contributed by atoms with Crippen LogP contribution in [0.3, 0.4) is 0 Å². The van der Waals surface area contributed by atoms with Crippen molar-refractivity contribution in [2.24, 2.45) is 0 Å². The van der Waals surface area contributed by atoms with E-state index in [2.05, 4.69) is 27.9 Å². The lowest BCUT2D eigenvalue weighted by Gasteiger charge is -2.19. The van der Waals surface area contributed by atoms with E-state index in [1.54, 1.807) is 26.0 Å². The van der Waals surface area contributed by atoms with E-state index in [-0.39, 0.29) is 5.75 Å². The van der Waals surface area contributed by atoms with Gasteiger partial charge in [0.05, 0.1) is 5.75 Å². The zero-order chi connectivity index (χ0) is 24.0. The molecule has 1 atom stereocenters. The third-order valence-electron chi connectivity index (χ3n) is 5.59. The van der Waals surface area contributed by atoms with Gasteiger partial charge in [-0.2, -0.15) is 5.01 Å². The third kappa shape index (κ3) is 5.86. The molecule has 9 nitrogen and oxygen atoms in total. The van der Waals surface area contributed by atoms with Gasteiger partial charge in [0.25, 0.3) is 5.91 Å². The van der Waals surface area contributed by atoms with Crippen LogP contribution in [0.1, 0.15) is 52.9 Å². The minimum atomic E-state index is -1.01. The molecule has 1 aromatic heterocycles. The number of nitrogens with zero attached hydrogens (tertiary/aromatic N) is 4. The average Bonchev–Trinajstić information content (AvgIpc) is 3.30. The number of imide groups is 1. The first-order valence-electron chi connectivity index (χ1n) is 11.1. The number of hydrazine groups is 1. The van der Waals surface area contributed by atoms with E-state index in [0.29, 0.717) is 22.4 Å². The van der Waals surface area contributed by atoms with Crippen molar-refractivity contribution in [3.8, 4) is 11.4 Å². The van der Waals surface area contributed by atoms with Crippen molar-refractivity contribution in [2.45, 2.75) is 70.1 Å². The molecule has 11 heteroatoms. The smallest absolute Gasteiger partial charge is 0.322 e. The molecule has 0 spiro atoms. The molecule has 0 radical (unpaired) electrons. The molecule has 1 unspecified atom stereocenters. The van der Waals surface area contributed by atoms with Gasteiger partial charge in [-0.3, -0.25) is 15.0 Å². The Kier molecular flexibility index (Phi) is 8.36. The van der Waals surface area contributed by atoms with Crippen LogP contribution in [0.2, 0.25) is 5.02 Å². The number of urea groups is 1. The molecule has 0 bridgehead atoms. The standard InChI is InChI=1S/C22H29ClN6O3S/c1-4-6-7-8-13-28-18(15-9-11-16(23)12-10-15)25-26-21(28)33-14-17(30)27-29-19(31)22(3,5-2)24-20(29)32/h9-12H,4-8,13-14H2,1-3H3,(H,24,32)(H,27,30). The number of thioether (sulfide) groups is 1. The second kappa shape index (κ2) is 11.0. The Labute approximate surface area is 202 Å². The second-order valence-corrected chi connectivity index (χ2v) is 9.48. The summed E-state index contributed by atoms with van der Waals surface area (Å²) in [6, 6.07) is 6.74. The molecule has 178 valence electrons. The number of amides is 4. The van der Waals surface area contributed by atoms with Crippen molar-refractivity contribution in [3.05, 3.63) is 29.3 Å². The molecule has 4 amide bonds. The minimum absolute atomic E-state index is 0.0202. The highest BCUT2D eigenvalue weighted by Crippen LogP contribution is 2.26. The maximum atomic E-state index is 12.5. The summed E-state index contributed by atoms with van der Waals surface area (Å²) >= 11 is 7.23. The lowest BCUT2D eigenvalue weighted by Crippen LogP contribution is -2.49. The number of nitrogens with one attached hydrogen (secondary N) is 2. The Morgan fingerprint density at radius 3 is 2.52 bits per heavy atom. The van der Waals surface area contributed by atoms with Gasteiger partial charge in [-0.15, -0.1) is 10.2 Å². The summed E-state index contributed by atoms with van der Waals surface area (Å²) in [7, 11) is 0. The van der Waals surface area contributed by atoms with Gasteiger partial charge in [-0.05, 0) is 44.0 Å². The van der Waals surface area contributed by atoms with Crippen LogP contribution in [-0.4, -0.2) is 48.9 Å². The number of aromatic nitrogens is 3. The van der Waals surface area contributed by atoms with Crippen molar-refractivity contribution in [1.82, 2.24) is 30.5 Å². The van der Waals surface area contributed by atoms with Gasteiger partial charge < -0.3 is 9.88 Å². The number of hydrogen-bond donors (Lipinski definition) is 2. The van der Waals surface area contributed by atoms with E-state index in [1.807, 2.05) is 16.7 Å². The number of carbonyl (C=O) groups excluding carboxylic acids is 3. The van der Waals surface area contributed by atoms with E-state index in [1.165, 1.54) is 11.8 Å². The molecule has 0 aliphatic carbocycles. The van der Waals surface area contributed by atoms with Gasteiger partial charge in [0.1, 0.15) is 5.54 Å². The number of benzene rings is 1. The molecule has 2 heterocycles. The van der Waals surface area contributed by atoms with Crippen LogP contribution in [0.5, 0.6) is 0 Å². The van der Waals surface area contributed by atoms with E-state index in [0.717, 1.165) is 42.8 Å². The Balaban J connectivity index is 1.69. The molecule has 1 aliphatic rings. The Morgan fingerprint density at radius 2 is 1.88 bits per heavy atom. The number of carbonyl (C=O) groups is 3. The van der Waals surface area contributed by atoms with Gasteiger partial charge in [-0.1, -0.05) is 56.5 Å². The van der Waals surface area contributed by atoms with Crippen LogP contribution in [0.15, 0.2) is 29.4 Å². The van der Waals surface area contributed by atoms with Gasteiger partial charge in [0.2, 0.25) is 5.91 Å². The fraction of sp³-hybridized carbons (Fsp3) is 0.500. The van der Waals surface area contributed by atoms with Crippen LogP contribution in [0.25, 0.3) is 11.4 Å². The predicted octanol–water partition coefficient (Wildman–Crippen LogP) is 4.02. The van der Waals surface area contributed by atoms with E-state index in [4.69, 9.17) is 11.6 Å². The minimum Gasteiger partial charge on any atom is -0.322 e. The zero-order valence-corrected chi connectivity index (χ0v) is 20.6. The molecule has 0 saturated carbocycles. The highest BCUT2D eigenvalue weighted by atomic mass is 35.5. The summed E-state index contributed by atoms with van der Waals surface area (Å²) in [6.07, 6.45) is 4.75. The van der Waals surface area contributed by atoms with Gasteiger partial charge >= 0.3 is 6.03 Å². The van der Waals surface area contributed by atoms with Crippen molar-refractivity contribution in [3.63, 3.8) is 0 Å². The first kappa shape index (κ1) is 25.0. The van der Waals surface area contributed by atoms with Crippen LogP contribution < -0.4 is 10.7 Å². The van der Waals surface area contributed by atoms with Crippen LogP contribution in [0, 0.1) is 0 Å². The van der Waals surface area contributed by atoms with Crippen molar-refractivity contribution in [2.75, 3.05) is 5.75 Å². The Hall–Kier alpha value is -2.59.